The van der Waals surface area contributed by atoms with Crippen LogP contribution in [0.2, 0.25) is 0 Å². The van der Waals surface area contributed by atoms with E-state index in [0.29, 0.717) is 12.8 Å². The lowest BCUT2D eigenvalue weighted by Crippen LogP contribution is -2.12. The quantitative estimate of drug-likeness (QED) is 0.520. The summed E-state index contributed by atoms with van der Waals surface area (Å²) in [7, 11) is 3.95. The highest BCUT2D eigenvalue weighted by molar-refractivity contribution is 7.80. The summed E-state index contributed by atoms with van der Waals surface area (Å²) in [5.41, 5.74) is 1.91. The number of unbranched alkanes of at least 4 members (excludes halogenated alkanes) is 3. The molecule has 0 saturated heterocycles. The summed E-state index contributed by atoms with van der Waals surface area (Å²) in [6, 6.07) is 7.74. The maximum atomic E-state index is 12.8. The Labute approximate surface area is 138 Å². The molecular formula is C17H25FN2OS. The lowest BCUT2D eigenvalue weighted by atomic mass is 10.1. The maximum Gasteiger partial charge on any atom is 0.224 e. The first-order valence-corrected chi connectivity index (χ1v) is 8.19. The molecule has 1 aromatic rings. The predicted octanol–water partition coefficient (Wildman–Crippen LogP) is 4.42. The Bertz CT molecular complexity index is 486. The fraction of sp³-hybridized carbons (Fsp3) is 0.471. The third-order valence-electron chi connectivity index (χ3n) is 3.29. The molecule has 0 aliphatic rings. The third kappa shape index (κ3) is 7.50. The molecule has 1 N–H and O–H groups in total. The molecule has 122 valence electrons. The van der Waals surface area contributed by atoms with Crippen molar-refractivity contribution in [3.63, 3.8) is 0 Å². The molecule has 22 heavy (non-hydrogen) atoms. The molecule has 0 spiro atoms. The summed E-state index contributed by atoms with van der Waals surface area (Å²) in [4.78, 5) is 13.8. The second kappa shape index (κ2) is 10.3. The monoisotopic (exact) mass is 324 g/mol. The van der Waals surface area contributed by atoms with Crippen molar-refractivity contribution in [3.05, 3.63) is 36.2 Å². The lowest BCUT2D eigenvalue weighted by Gasteiger charge is -2.13. The number of nitrogens with zero attached hydrogens (tertiary/aromatic N) is 1. The number of thiol groups is 1. The van der Waals surface area contributed by atoms with E-state index in [-0.39, 0.29) is 17.5 Å². The molecule has 0 bridgehead atoms. The van der Waals surface area contributed by atoms with Crippen molar-refractivity contribution >= 4 is 29.9 Å². The Morgan fingerprint density at radius 2 is 1.91 bits per heavy atom. The summed E-state index contributed by atoms with van der Waals surface area (Å²) in [5.74, 6) is 0.00611. The van der Waals surface area contributed by atoms with Crippen LogP contribution in [0.1, 0.15) is 32.1 Å². The Morgan fingerprint density at radius 1 is 1.23 bits per heavy atom. The van der Waals surface area contributed by atoms with E-state index >= 15 is 0 Å². The number of amides is 1. The van der Waals surface area contributed by atoms with Gasteiger partial charge in [0.15, 0.2) is 0 Å². The molecule has 0 atom stereocenters. The first kappa shape index (κ1) is 18.6. The molecule has 0 radical (unpaired) electrons. The molecular weight excluding hydrogens is 299 g/mol. The molecule has 3 nitrogen and oxygen atoms in total. The topological polar surface area (TPSA) is 32.3 Å². The number of anilines is 2. The molecule has 1 amide bonds. The van der Waals surface area contributed by atoms with Crippen LogP contribution >= 0.6 is 12.6 Å². The normalized spacial score (nSPS) is 11.4. The lowest BCUT2D eigenvalue weighted by molar-refractivity contribution is -0.116. The molecule has 0 unspecified atom stereocenters. The standard InChI is InChI=1S/C17H25FN2OS/c1-20(2)16-11-9-15(10-12-16)19-17(21)8-6-4-3-5-7-14(18)13-22/h7,9-12,22H,3-6,8,13H2,1-2H3,(H,19,21)/b14-7-. The molecule has 1 rings (SSSR count). The van der Waals surface area contributed by atoms with E-state index in [1.54, 1.807) is 6.08 Å². The van der Waals surface area contributed by atoms with Gasteiger partial charge in [-0.1, -0.05) is 12.5 Å². The summed E-state index contributed by atoms with van der Waals surface area (Å²) < 4.78 is 12.8. The van der Waals surface area contributed by atoms with Crippen molar-refractivity contribution in [2.45, 2.75) is 32.1 Å². The minimum absolute atomic E-state index is 0.0229. The second-order valence-electron chi connectivity index (χ2n) is 5.40. The maximum absolute atomic E-state index is 12.8. The summed E-state index contributed by atoms with van der Waals surface area (Å²) >= 11 is 3.85. The number of allylic oxidation sites excluding steroid dienone is 1. The Morgan fingerprint density at radius 3 is 2.50 bits per heavy atom. The van der Waals surface area contributed by atoms with Gasteiger partial charge in [0.2, 0.25) is 5.91 Å². The van der Waals surface area contributed by atoms with E-state index in [4.69, 9.17) is 0 Å². The van der Waals surface area contributed by atoms with Crippen LogP contribution in [-0.4, -0.2) is 25.8 Å². The van der Waals surface area contributed by atoms with Gasteiger partial charge < -0.3 is 10.2 Å². The molecule has 0 heterocycles. The Kier molecular flexibility index (Phi) is 8.67. The Hall–Kier alpha value is -1.49. The molecule has 0 aromatic heterocycles. The zero-order chi connectivity index (χ0) is 16.4. The smallest absolute Gasteiger partial charge is 0.224 e. The highest BCUT2D eigenvalue weighted by atomic mass is 32.1. The highest BCUT2D eigenvalue weighted by Gasteiger charge is 2.03. The number of carbonyl (C=O) groups is 1. The third-order valence-corrected chi connectivity index (χ3v) is 3.59. The highest BCUT2D eigenvalue weighted by Crippen LogP contribution is 2.16. The minimum atomic E-state index is -0.178. The van der Waals surface area contributed by atoms with Crippen LogP contribution in [0.4, 0.5) is 15.8 Å². The second-order valence-corrected chi connectivity index (χ2v) is 5.71. The summed E-state index contributed by atoms with van der Waals surface area (Å²) in [6.07, 6.45) is 5.40. The van der Waals surface area contributed by atoms with Gasteiger partial charge >= 0.3 is 0 Å². The predicted molar refractivity (Wildman–Crippen MR) is 95.5 cm³/mol. The molecule has 0 aliphatic heterocycles. The van der Waals surface area contributed by atoms with Crippen molar-refractivity contribution < 1.29 is 9.18 Å². The average Bonchev–Trinajstić information content (AvgIpc) is 2.50. The Balaban J connectivity index is 2.21. The van der Waals surface area contributed by atoms with Crippen molar-refractivity contribution in [2.24, 2.45) is 0 Å². The van der Waals surface area contributed by atoms with E-state index in [1.165, 1.54) is 0 Å². The van der Waals surface area contributed by atoms with Crippen LogP contribution in [0.5, 0.6) is 0 Å². The van der Waals surface area contributed by atoms with Gasteiger partial charge in [0.1, 0.15) is 5.83 Å². The van der Waals surface area contributed by atoms with Crippen molar-refractivity contribution in [1.82, 2.24) is 0 Å². The summed E-state index contributed by atoms with van der Waals surface area (Å²) in [6.45, 7) is 0. The molecule has 0 aliphatic carbocycles. The fourth-order valence-electron chi connectivity index (χ4n) is 2.00. The molecule has 1 aromatic carbocycles. The van der Waals surface area contributed by atoms with Crippen LogP contribution < -0.4 is 10.2 Å². The van der Waals surface area contributed by atoms with E-state index in [2.05, 4.69) is 17.9 Å². The molecule has 0 saturated carbocycles. The average molecular weight is 324 g/mol. The number of rotatable bonds is 9. The van der Waals surface area contributed by atoms with Crippen LogP contribution in [-0.2, 0) is 4.79 Å². The van der Waals surface area contributed by atoms with E-state index in [0.717, 1.165) is 30.6 Å². The number of benzene rings is 1. The molecule has 0 fully saturated rings. The van der Waals surface area contributed by atoms with Crippen LogP contribution in [0.3, 0.4) is 0 Å². The van der Waals surface area contributed by atoms with Gasteiger partial charge in [-0.05, 0) is 43.5 Å². The first-order chi connectivity index (χ1) is 10.5. The largest absolute Gasteiger partial charge is 0.378 e. The van der Waals surface area contributed by atoms with Gasteiger partial charge in [-0.15, -0.1) is 0 Å². The first-order valence-electron chi connectivity index (χ1n) is 7.55. The van der Waals surface area contributed by atoms with Gasteiger partial charge in [-0.25, -0.2) is 4.39 Å². The molecule has 5 heteroatoms. The van der Waals surface area contributed by atoms with E-state index in [1.807, 2.05) is 43.3 Å². The van der Waals surface area contributed by atoms with E-state index < -0.39 is 0 Å². The zero-order valence-electron chi connectivity index (χ0n) is 13.3. The van der Waals surface area contributed by atoms with Crippen molar-refractivity contribution in [3.8, 4) is 0 Å². The van der Waals surface area contributed by atoms with Crippen molar-refractivity contribution in [2.75, 3.05) is 30.1 Å². The van der Waals surface area contributed by atoms with Gasteiger partial charge in [-0.3, -0.25) is 4.79 Å². The number of nitrogens with one attached hydrogen (secondary N) is 1. The van der Waals surface area contributed by atoms with Gasteiger partial charge in [0, 0.05) is 37.6 Å². The minimum Gasteiger partial charge on any atom is -0.378 e. The fourth-order valence-corrected chi connectivity index (χ4v) is 2.13. The van der Waals surface area contributed by atoms with Gasteiger partial charge in [0.05, 0.1) is 0 Å². The van der Waals surface area contributed by atoms with Gasteiger partial charge in [0.25, 0.3) is 0 Å². The van der Waals surface area contributed by atoms with Crippen molar-refractivity contribution in [1.29, 1.82) is 0 Å². The number of halogens is 1. The van der Waals surface area contributed by atoms with E-state index in [9.17, 15) is 9.18 Å². The van der Waals surface area contributed by atoms with Gasteiger partial charge in [-0.2, -0.15) is 12.6 Å². The number of carbonyl (C=O) groups excluding carboxylic acids is 1. The summed E-state index contributed by atoms with van der Waals surface area (Å²) in [5, 5.41) is 2.89. The SMILES string of the molecule is CN(C)c1ccc(NC(=O)CCCCC/C=C(\F)CS)cc1. The van der Waals surface area contributed by atoms with Crippen LogP contribution in [0.15, 0.2) is 36.2 Å². The number of hydrogen-bond acceptors (Lipinski definition) is 3. The number of hydrogen-bond donors (Lipinski definition) is 2. The zero-order valence-corrected chi connectivity index (χ0v) is 14.2. The van der Waals surface area contributed by atoms with Crippen LogP contribution in [0.25, 0.3) is 0 Å². The van der Waals surface area contributed by atoms with Crippen LogP contribution in [0, 0.1) is 0 Å².